The quantitative estimate of drug-likeness (QED) is 0.599. The first-order chi connectivity index (χ1) is 15.1. The highest BCUT2D eigenvalue weighted by atomic mass is 16.5. The maximum atomic E-state index is 13.2. The molecule has 0 spiro atoms. The summed E-state index contributed by atoms with van der Waals surface area (Å²) in [6, 6.07) is 26.7. The second-order valence-electron chi connectivity index (χ2n) is 8.44. The fourth-order valence-corrected chi connectivity index (χ4v) is 4.44. The van der Waals surface area contributed by atoms with Crippen molar-refractivity contribution >= 4 is 11.6 Å². The van der Waals surface area contributed by atoms with E-state index in [2.05, 4.69) is 65.7 Å². The number of rotatable bonds is 6. The lowest BCUT2D eigenvalue weighted by molar-refractivity contribution is -0.121. The van der Waals surface area contributed by atoms with Crippen molar-refractivity contribution in [2.24, 2.45) is 5.92 Å². The van der Waals surface area contributed by atoms with E-state index in [4.69, 9.17) is 4.74 Å². The molecule has 160 valence electrons. The van der Waals surface area contributed by atoms with Gasteiger partial charge in [0.05, 0.1) is 13.0 Å². The highest BCUT2D eigenvalue weighted by Gasteiger charge is 2.32. The molecule has 3 aromatic rings. The third-order valence-electron chi connectivity index (χ3n) is 6.02. The summed E-state index contributed by atoms with van der Waals surface area (Å²) in [7, 11) is 1.64. The maximum Gasteiger partial charge on any atom is 0.228 e. The van der Waals surface area contributed by atoms with Gasteiger partial charge in [-0.3, -0.25) is 9.69 Å². The Morgan fingerprint density at radius 3 is 2.48 bits per heavy atom. The molecule has 2 atom stereocenters. The van der Waals surface area contributed by atoms with Gasteiger partial charge in [0.2, 0.25) is 5.91 Å². The minimum absolute atomic E-state index is 0.0647. The van der Waals surface area contributed by atoms with Crippen LogP contribution in [0.2, 0.25) is 0 Å². The predicted molar refractivity (Wildman–Crippen MR) is 125 cm³/mol. The number of hydrogen-bond acceptors (Lipinski definition) is 3. The van der Waals surface area contributed by atoms with Gasteiger partial charge in [0.1, 0.15) is 5.75 Å². The second-order valence-corrected chi connectivity index (χ2v) is 8.44. The van der Waals surface area contributed by atoms with Crippen LogP contribution in [0, 0.1) is 12.8 Å². The molecule has 1 aliphatic heterocycles. The van der Waals surface area contributed by atoms with Crippen molar-refractivity contribution in [2.45, 2.75) is 25.8 Å². The number of hydrogen-bond donors (Lipinski definition) is 1. The summed E-state index contributed by atoms with van der Waals surface area (Å²) >= 11 is 0. The smallest absolute Gasteiger partial charge is 0.228 e. The Bertz CT molecular complexity index is 1000. The molecule has 0 unspecified atom stereocenters. The SMILES string of the molecule is COc1ccc(NC(=O)[C@@H]2C[C@H](c3cccc(C)c3)CN(Cc3ccccc3)C2)cc1. The number of aryl methyl sites for hydroxylation is 1. The Hall–Kier alpha value is -3.11. The first-order valence-electron chi connectivity index (χ1n) is 10.9. The summed E-state index contributed by atoms with van der Waals surface area (Å²) in [5, 5.41) is 3.11. The number of likely N-dealkylation sites (tertiary alicyclic amines) is 1. The van der Waals surface area contributed by atoms with E-state index >= 15 is 0 Å². The maximum absolute atomic E-state index is 13.2. The van der Waals surface area contributed by atoms with Gasteiger partial charge in [-0.1, -0.05) is 60.2 Å². The summed E-state index contributed by atoms with van der Waals surface area (Å²) < 4.78 is 5.21. The molecule has 0 aliphatic carbocycles. The summed E-state index contributed by atoms with van der Waals surface area (Å²) in [5.74, 6) is 1.14. The highest BCUT2D eigenvalue weighted by Crippen LogP contribution is 2.32. The molecular formula is C27H30N2O2. The molecule has 1 saturated heterocycles. The molecule has 1 fully saturated rings. The van der Waals surface area contributed by atoms with Crippen LogP contribution in [-0.4, -0.2) is 31.0 Å². The number of nitrogens with one attached hydrogen (secondary N) is 1. The lowest BCUT2D eigenvalue weighted by atomic mass is 9.83. The number of methoxy groups -OCH3 is 1. The lowest BCUT2D eigenvalue weighted by Gasteiger charge is -2.37. The third kappa shape index (κ3) is 5.53. The van der Waals surface area contributed by atoms with Crippen LogP contribution < -0.4 is 10.1 Å². The number of carbonyl (C=O) groups is 1. The average Bonchev–Trinajstić information content (AvgIpc) is 2.80. The van der Waals surface area contributed by atoms with Crippen LogP contribution in [0.3, 0.4) is 0 Å². The molecule has 1 amide bonds. The van der Waals surface area contributed by atoms with E-state index in [1.807, 2.05) is 30.3 Å². The summed E-state index contributed by atoms with van der Waals surface area (Å²) in [5.41, 5.74) is 4.66. The molecule has 1 N–H and O–H groups in total. The van der Waals surface area contributed by atoms with Gasteiger partial charge in [0, 0.05) is 25.3 Å². The van der Waals surface area contributed by atoms with Gasteiger partial charge in [0.25, 0.3) is 0 Å². The largest absolute Gasteiger partial charge is 0.497 e. The van der Waals surface area contributed by atoms with Gasteiger partial charge >= 0.3 is 0 Å². The van der Waals surface area contributed by atoms with Crippen molar-refractivity contribution in [3.63, 3.8) is 0 Å². The van der Waals surface area contributed by atoms with Crippen LogP contribution in [0.25, 0.3) is 0 Å². The highest BCUT2D eigenvalue weighted by molar-refractivity contribution is 5.92. The van der Waals surface area contributed by atoms with Gasteiger partial charge in [-0.05, 0) is 54.7 Å². The van der Waals surface area contributed by atoms with Crippen LogP contribution >= 0.6 is 0 Å². The second kappa shape index (κ2) is 9.80. The number of nitrogens with zero attached hydrogens (tertiary/aromatic N) is 1. The third-order valence-corrected chi connectivity index (χ3v) is 6.02. The number of benzene rings is 3. The Labute approximate surface area is 184 Å². The molecule has 4 rings (SSSR count). The van der Waals surface area contributed by atoms with E-state index < -0.39 is 0 Å². The number of anilines is 1. The van der Waals surface area contributed by atoms with E-state index in [1.165, 1.54) is 16.7 Å². The van der Waals surface area contributed by atoms with Crippen LogP contribution in [0.4, 0.5) is 5.69 Å². The van der Waals surface area contributed by atoms with Gasteiger partial charge in [-0.25, -0.2) is 0 Å². The molecule has 0 aromatic heterocycles. The van der Waals surface area contributed by atoms with Crippen LogP contribution in [-0.2, 0) is 11.3 Å². The molecule has 0 radical (unpaired) electrons. The van der Waals surface area contributed by atoms with E-state index in [0.717, 1.165) is 37.5 Å². The monoisotopic (exact) mass is 414 g/mol. The molecule has 31 heavy (non-hydrogen) atoms. The van der Waals surface area contributed by atoms with E-state index in [0.29, 0.717) is 5.92 Å². The van der Waals surface area contributed by atoms with Crippen molar-refractivity contribution in [3.05, 3.63) is 95.6 Å². The van der Waals surface area contributed by atoms with Gasteiger partial charge in [-0.2, -0.15) is 0 Å². The summed E-state index contributed by atoms with van der Waals surface area (Å²) in [6.45, 7) is 4.71. The Balaban J connectivity index is 1.52. The standard InChI is InChI=1S/C27H30N2O2/c1-20-7-6-10-22(15-20)23-16-24(19-29(18-23)17-21-8-4-3-5-9-21)27(30)28-25-11-13-26(31-2)14-12-25/h3-15,23-24H,16-19H2,1-2H3,(H,28,30)/t23-,24+/m0/s1. The summed E-state index contributed by atoms with van der Waals surface area (Å²) in [6.07, 6.45) is 0.858. The molecule has 4 nitrogen and oxygen atoms in total. The van der Waals surface area contributed by atoms with Crippen molar-refractivity contribution in [1.82, 2.24) is 4.90 Å². The Morgan fingerprint density at radius 1 is 1.00 bits per heavy atom. The predicted octanol–water partition coefficient (Wildman–Crippen LogP) is 5.25. The Morgan fingerprint density at radius 2 is 1.77 bits per heavy atom. The molecule has 1 heterocycles. The zero-order valence-electron chi connectivity index (χ0n) is 18.3. The van der Waals surface area contributed by atoms with Crippen LogP contribution in [0.15, 0.2) is 78.9 Å². The first kappa shape index (κ1) is 21.1. The van der Waals surface area contributed by atoms with E-state index in [9.17, 15) is 4.79 Å². The zero-order valence-corrected chi connectivity index (χ0v) is 18.3. The number of ether oxygens (including phenoxy) is 1. The van der Waals surface area contributed by atoms with Gasteiger partial charge in [-0.15, -0.1) is 0 Å². The molecule has 0 bridgehead atoms. The summed E-state index contributed by atoms with van der Waals surface area (Å²) in [4.78, 5) is 15.6. The molecule has 0 saturated carbocycles. The van der Waals surface area contributed by atoms with Crippen LogP contribution in [0.1, 0.15) is 29.0 Å². The number of piperidine rings is 1. The van der Waals surface area contributed by atoms with Gasteiger partial charge < -0.3 is 10.1 Å². The minimum Gasteiger partial charge on any atom is -0.497 e. The Kier molecular flexibility index (Phi) is 6.68. The lowest BCUT2D eigenvalue weighted by Crippen LogP contribution is -2.43. The number of carbonyl (C=O) groups excluding carboxylic acids is 1. The van der Waals surface area contributed by atoms with Crippen molar-refractivity contribution < 1.29 is 9.53 Å². The molecule has 3 aromatic carbocycles. The van der Waals surface area contributed by atoms with Gasteiger partial charge in [0.15, 0.2) is 0 Å². The van der Waals surface area contributed by atoms with E-state index in [1.54, 1.807) is 7.11 Å². The molecule has 4 heteroatoms. The van der Waals surface area contributed by atoms with Crippen molar-refractivity contribution in [3.8, 4) is 5.75 Å². The average molecular weight is 415 g/mol. The first-order valence-corrected chi connectivity index (χ1v) is 10.9. The normalized spacial score (nSPS) is 19.0. The van der Waals surface area contributed by atoms with E-state index in [-0.39, 0.29) is 11.8 Å². The van der Waals surface area contributed by atoms with Crippen molar-refractivity contribution in [1.29, 1.82) is 0 Å². The number of amides is 1. The minimum atomic E-state index is -0.0647. The fourth-order valence-electron chi connectivity index (χ4n) is 4.44. The topological polar surface area (TPSA) is 41.6 Å². The fraction of sp³-hybridized carbons (Fsp3) is 0.296. The zero-order chi connectivity index (χ0) is 21.6. The van der Waals surface area contributed by atoms with Crippen molar-refractivity contribution in [2.75, 3.05) is 25.5 Å². The molecular weight excluding hydrogens is 384 g/mol. The molecule has 1 aliphatic rings. The van der Waals surface area contributed by atoms with Crippen LogP contribution in [0.5, 0.6) is 5.75 Å².